The first kappa shape index (κ1) is 13.9. The molecule has 1 N–H and O–H groups in total. The van der Waals surface area contributed by atoms with Gasteiger partial charge >= 0.3 is 0 Å². The van der Waals surface area contributed by atoms with Crippen LogP contribution in [0.2, 0.25) is 0 Å². The fourth-order valence-corrected chi connectivity index (χ4v) is 3.45. The first-order valence-electron chi connectivity index (χ1n) is 7.86. The summed E-state index contributed by atoms with van der Waals surface area (Å²) in [5.74, 6) is 1.89. The number of nitrogens with one attached hydrogen (secondary N) is 1. The van der Waals surface area contributed by atoms with Crippen molar-refractivity contribution in [2.75, 3.05) is 33.2 Å². The number of hydrogen-bond donors (Lipinski definition) is 1. The highest BCUT2D eigenvalue weighted by molar-refractivity contribution is 5.40. The van der Waals surface area contributed by atoms with E-state index in [0.717, 1.165) is 31.2 Å². The van der Waals surface area contributed by atoms with Crippen LogP contribution in [0.25, 0.3) is 0 Å². The standard InChI is InChI=1S/C17H26N2O/c1-13-5-6-17-15(8-13)9-16(20-17)11-18-10-14-4-3-7-19(2)12-14/h5-6,8,14,16,18H,3-4,7,9-12H2,1-2H3. The monoisotopic (exact) mass is 274 g/mol. The van der Waals surface area contributed by atoms with E-state index in [2.05, 4.69) is 42.4 Å². The molecule has 1 aromatic rings. The highest BCUT2D eigenvalue weighted by Gasteiger charge is 2.23. The van der Waals surface area contributed by atoms with Gasteiger partial charge in [-0.15, -0.1) is 0 Å². The van der Waals surface area contributed by atoms with Crippen molar-refractivity contribution < 1.29 is 4.74 Å². The summed E-state index contributed by atoms with van der Waals surface area (Å²) in [6, 6.07) is 6.50. The zero-order chi connectivity index (χ0) is 13.9. The van der Waals surface area contributed by atoms with Gasteiger partial charge in [-0.05, 0) is 57.5 Å². The number of fused-ring (bicyclic) bond motifs is 1. The number of piperidine rings is 1. The Hall–Kier alpha value is -1.06. The minimum atomic E-state index is 0.313. The minimum Gasteiger partial charge on any atom is -0.488 e. The number of hydrogen-bond acceptors (Lipinski definition) is 3. The average molecular weight is 274 g/mol. The number of rotatable bonds is 4. The number of likely N-dealkylation sites (tertiary alicyclic amines) is 1. The Balaban J connectivity index is 1.42. The molecule has 2 heterocycles. The van der Waals surface area contributed by atoms with E-state index < -0.39 is 0 Å². The van der Waals surface area contributed by atoms with E-state index in [1.54, 1.807) is 0 Å². The lowest BCUT2D eigenvalue weighted by Gasteiger charge is -2.30. The molecular weight excluding hydrogens is 248 g/mol. The summed E-state index contributed by atoms with van der Waals surface area (Å²) in [6.45, 7) is 6.73. The highest BCUT2D eigenvalue weighted by atomic mass is 16.5. The van der Waals surface area contributed by atoms with Gasteiger partial charge in [-0.1, -0.05) is 17.7 Å². The summed E-state index contributed by atoms with van der Waals surface area (Å²) in [5, 5.41) is 3.62. The van der Waals surface area contributed by atoms with E-state index in [1.165, 1.54) is 37.1 Å². The molecule has 0 aliphatic carbocycles. The molecule has 1 fully saturated rings. The lowest BCUT2D eigenvalue weighted by Crippen LogP contribution is -2.39. The summed E-state index contributed by atoms with van der Waals surface area (Å²) in [6.07, 6.45) is 4.07. The van der Waals surface area contributed by atoms with Crippen LogP contribution in [0, 0.1) is 12.8 Å². The fraction of sp³-hybridized carbons (Fsp3) is 0.647. The summed E-state index contributed by atoms with van der Waals surface area (Å²) in [5.41, 5.74) is 2.69. The second kappa shape index (κ2) is 6.15. The molecule has 0 bridgehead atoms. The Morgan fingerprint density at radius 1 is 1.35 bits per heavy atom. The number of aryl methyl sites for hydroxylation is 1. The van der Waals surface area contributed by atoms with Gasteiger partial charge in [-0.2, -0.15) is 0 Å². The van der Waals surface area contributed by atoms with Gasteiger partial charge in [0.1, 0.15) is 11.9 Å². The van der Waals surface area contributed by atoms with Crippen LogP contribution in [0.3, 0.4) is 0 Å². The van der Waals surface area contributed by atoms with Crippen LogP contribution in [0.15, 0.2) is 18.2 Å². The van der Waals surface area contributed by atoms with Crippen molar-refractivity contribution in [3.8, 4) is 5.75 Å². The van der Waals surface area contributed by atoms with Crippen LogP contribution in [-0.4, -0.2) is 44.2 Å². The quantitative estimate of drug-likeness (QED) is 0.911. The molecule has 20 heavy (non-hydrogen) atoms. The molecule has 1 saturated heterocycles. The van der Waals surface area contributed by atoms with Gasteiger partial charge in [0.2, 0.25) is 0 Å². The Morgan fingerprint density at radius 3 is 3.10 bits per heavy atom. The third-order valence-corrected chi connectivity index (χ3v) is 4.48. The van der Waals surface area contributed by atoms with E-state index in [1.807, 2.05) is 0 Å². The number of benzene rings is 1. The Labute approximate surface area is 122 Å². The molecule has 2 unspecified atom stereocenters. The van der Waals surface area contributed by atoms with Crippen molar-refractivity contribution in [3.63, 3.8) is 0 Å². The van der Waals surface area contributed by atoms with Crippen LogP contribution in [0.5, 0.6) is 5.75 Å². The van der Waals surface area contributed by atoms with Gasteiger partial charge in [0.15, 0.2) is 0 Å². The van der Waals surface area contributed by atoms with Crippen molar-refractivity contribution >= 4 is 0 Å². The molecule has 2 aliphatic heterocycles. The van der Waals surface area contributed by atoms with E-state index in [4.69, 9.17) is 4.74 Å². The van der Waals surface area contributed by atoms with Crippen molar-refractivity contribution in [2.45, 2.75) is 32.3 Å². The molecule has 3 heteroatoms. The van der Waals surface area contributed by atoms with E-state index in [9.17, 15) is 0 Å². The molecule has 1 aromatic carbocycles. The van der Waals surface area contributed by atoms with Gasteiger partial charge in [0.05, 0.1) is 0 Å². The van der Waals surface area contributed by atoms with Crippen LogP contribution in [0.1, 0.15) is 24.0 Å². The summed E-state index contributed by atoms with van der Waals surface area (Å²) in [4.78, 5) is 2.44. The molecule has 2 atom stereocenters. The van der Waals surface area contributed by atoms with Gasteiger partial charge in [0.25, 0.3) is 0 Å². The maximum absolute atomic E-state index is 6.00. The second-order valence-electron chi connectivity index (χ2n) is 6.48. The molecule has 0 aromatic heterocycles. The number of ether oxygens (including phenoxy) is 1. The van der Waals surface area contributed by atoms with Crippen molar-refractivity contribution in [1.29, 1.82) is 0 Å². The van der Waals surface area contributed by atoms with Gasteiger partial charge in [-0.25, -0.2) is 0 Å². The topological polar surface area (TPSA) is 24.5 Å². The molecule has 3 nitrogen and oxygen atoms in total. The van der Waals surface area contributed by atoms with Crippen molar-refractivity contribution in [3.05, 3.63) is 29.3 Å². The third-order valence-electron chi connectivity index (χ3n) is 4.48. The largest absolute Gasteiger partial charge is 0.488 e. The van der Waals surface area contributed by atoms with Gasteiger partial charge in [-0.3, -0.25) is 0 Å². The van der Waals surface area contributed by atoms with Crippen LogP contribution < -0.4 is 10.1 Å². The summed E-state index contributed by atoms with van der Waals surface area (Å²) >= 11 is 0. The average Bonchev–Trinajstić information content (AvgIpc) is 2.80. The minimum absolute atomic E-state index is 0.313. The Bertz CT molecular complexity index is 460. The van der Waals surface area contributed by atoms with Crippen molar-refractivity contribution in [2.24, 2.45) is 5.92 Å². The molecular formula is C17H26N2O. The predicted octanol–water partition coefficient (Wildman–Crippen LogP) is 2.23. The van der Waals surface area contributed by atoms with Gasteiger partial charge < -0.3 is 15.0 Å². The van der Waals surface area contributed by atoms with E-state index in [0.29, 0.717) is 6.10 Å². The molecule has 3 rings (SSSR count). The zero-order valence-electron chi connectivity index (χ0n) is 12.7. The normalized spacial score (nSPS) is 26.3. The number of nitrogens with zero attached hydrogens (tertiary/aromatic N) is 1. The molecule has 0 radical (unpaired) electrons. The molecule has 0 amide bonds. The second-order valence-corrected chi connectivity index (χ2v) is 6.48. The van der Waals surface area contributed by atoms with Crippen molar-refractivity contribution in [1.82, 2.24) is 10.2 Å². The van der Waals surface area contributed by atoms with E-state index >= 15 is 0 Å². The third kappa shape index (κ3) is 3.33. The van der Waals surface area contributed by atoms with Gasteiger partial charge in [0, 0.05) is 19.5 Å². The molecule has 2 aliphatic rings. The first-order chi connectivity index (χ1) is 9.70. The highest BCUT2D eigenvalue weighted by Crippen LogP contribution is 2.29. The molecule has 0 spiro atoms. The Kier molecular flexibility index (Phi) is 4.27. The zero-order valence-corrected chi connectivity index (χ0v) is 12.7. The molecule has 110 valence electrons. The maximum atomic E-state index is 6.00. The van der Waals surface area contributed by atoms with Crippen LogP contribution in [0.4, 0.5) is 0 Å². The molecule has 0 saturated carbocycles. The predicted molar refractivity (Wildman–Crippen MR) is 82.4 cm³/mol. The van der Waals surface area contributed by atoms with Crippen LogP contribution >= 0.6 is 0 Å². The maximum Gasteiger partial charge on any atom is 0.123 e. The smallest absolute Gasteiger partial charge is 0.123 e. The summed E-state index contributed by atoms with van der Waals surface area (Å²) in [7, 11) is 2.23. The van der Waals surface area contributed by atoms with E-state index in [-0.39, 0.29) is 0 Å². The summed E-state index contributed by atoms with van der Waals surface area (Å²) < 4.78 is 6.00. The van der Waals surface area contributed by atoms with Crippen LogP contribution in [-0.2, 0) is 6.42 Å². The Morgan fingerprint density at radius 2 is 2.25 bits per heavy atom. The fourth-order valence-electron chi connectivity index (χ4n) is 3.45. The first-order valence-corrected chi connectivity index (χ1v) is 7.86. The lowest BCUT2D eigenvalue weighted by molar-refractivity contribution is 0.192. The lowest BCUT2D eigenvalue weighted by atomic mass is 9.98. The SMILES string of the molecule is Cc1ccc2c(c1)CC(CNCC1CCCN(C)C1)O2.